The van der Waals surface area contributed by atoms with Gasteiger partial charge in [-0.15, -0.1) is 0 Å². The maximum atomic E-state index is 12.7. The minimum Gasteiger partial charge on any atom is -0.494 e. The molecule has 35 heavy (non-hydrogen) atoms. The zero-order chi connectivity index (χ0) is 25.2. The number of hydrogen-bond donors (Lipinski definition) is 1. The molecule has 1 amide bonds. The van der Waals surface area contributed by atoms with Gasteiger partial charge >= 0.3 is 4.87 Å². The van der Waals surface area contributed by atoms with Crippen molar-refractivity contribution in [3.63, 3.8) is 0 Å². The lowest BCUT2D eigenvalue weighted by Crippen LogP contribution is -2.29. The monoisotopic (exact) mass is 511 g/mol. The second kappa shape index (κ2) is 9.93. The molecular weight excluding hydrogens is 486 g/mol. The number of nitrogens with one attached hydrogen (secondary N) is 1. The zero-order valence-corrected chi connectivity index (χ0v) is 21.2. The van der Waals surface area contributed by atoms with E-state index in [1.54, 1.807) is 78.3 Å². The van der Waals surface area contributed by atoms with Crippen molar-refractivity contribution in [3.8, 4) is 5.75 Å². The van der Waals surface area contributed by atoms with Crippen molar-refractivity contribution >= 4 is 48.9 Å². The van der Waals surface area contributed by atoms with Crippen molar-refractivity contribution in [3.05, 3.63) is 87.5 Å². The number of hydrogen-bond acceptors (Lipinski definition) is 6. The van der Waals surface area contributed by atoms with Crippen molar-refractivity contribution < 1.29 is 17.9 Å². The number of anilines is 2. The average Bonchev–Trinajstić information content (AvgIpc) is 3.10. The highest BCUT2D eigenvalue weighted by Gasteiger charge is 2.18. The van der Waals surface area contributed by atoms with E-state index >= 15 is 0 Å². The zero-order valence-electron chi connectivity index (χ0n) is 19.5. The third-order valence-electron chi connectivity index (χ3n) is 5.43. The van der Waals surface area contributed by atoms with E-state index in [9.17, 15) is 18.0 Å². The molecule has 8 nitrogen and oxygen atoms in total. The third-order valence-corrected chi connectivity index (χ3v) is 7.56. The van der Waals surface area contributed by atoms with Gasteiger partial charge in [0.05, 0.1) is 35.3 Å². The van der Waals surface area contributed by atoms with E-state index in [2.05, 4.69) is 5.32 Å². The van der Waals surface area contributed by atoms with Crippen LogP contribution < -0.4 is 19.2 Å². The van der Waals surface area contributed by atoms with Crippen LogP contribution in [0.2, 0.25) is 0 Å². The van der Waals surface area contributed by atoms with Crippen molar-refractivity contribution in [1.82, 2.24) is 4.57 Å². The summed E-state index contributed by atoms with van der Waals surface area (Å²) in [5, 5.41) is 2.84. The van der Waals surface area contributed by atoms with E-state index in [1.807, 2.05) is 6.92 Å². The molecule has 0 radical (unpaired) electrons. The largest absolute Gasteiger partial charge is 0.494 e. The summed E-state index contributed by atoms with van der Waals surface area (Å²) in [6.45, 7) is 2.53. The van der Waals surface area contributed by atoms with Crippen LogP contribution >= 0.6 is 11.3 Å². The number of amides is 1. The minimum absolute atomic E-state index is 0.0626. The Morgan fingerprint density at radius 3 is 2.37 bits per heavy atom. The molecule has 0 aliphatic rings. The Hall–Kier alpha value is -3.63. The highest BCUT2D eigenvalue weighted by atomic mass is 32.2. The molecule has 10 heteroatoms. The molecule has 0 fully saturated rings. The SMILES string of the molecule is CCOc1ccc(N(Cc2ccc(C(=O)Nc3ccc4c(c3)sc(=O)n4C)cc2)S(C)(=O)=O)cc1. The summed E-state index contributed by atoms with van der Waals surface area (Å²) in [5.41, 5.74) is 3.09. The van der Waals surface area contributed by atoms with Gasteiger partial charge in [0.15, 0.2) is 0 Å². The molecule has 0 atom stereocenters. The molecule has 0 bridgehead atoms. The van der Waals surface area contributed by atoms with Crippen molar-refractivity contribution in [1.29, 1.82) is 0 Å². The van der Waals surface area contributed by atoms with Crippen LogP contribution in [0.4, 0.5) is 11.4 Å². The van der Waals surface area contributed by atoms with Gasteiger partial charge in [-0.25, -0.2) is 8.42 Å². The molecule has 1 heterocycles. The van der Waals surface area contributed by atoms with Crippen LogP contribution in [0.1, 0.15) is 22.8 Å². The van der Waals surface area contributed by atoms with Crippen molar-refractivity contribution in [2.75, 3.05) is 22.5 Å². The summed E-state index contributed by atoms with van der Waals surface area (Å²) in [6.07, 6.45) is 1.16. The molecule has 0 spiro atoms. The first-order chi connectivity index (χ1) is 16.7. The van der Waals surface area contributed by atoms with Gasteiger partial charge < -0.3 is 14.6 Å². The third kappa shape index (κ3) is 5.55. The molecule has 1 N–H and O–H groups in total. The van der Waals surface area contributed by atoms with E-state index in [1.165, 1.54) is 4.31 Å². The Labute approximate surface area is 207 Å². The number of rotatable bonds is 8. The topological polar surface area (TPSA) is 97.7 Å². The number of nitrogens with zero attached hydrogens (tertiary/aromatic N) is 2. The number of aromatic nitrogens is 1. The van der Waals surface area contributed by atoms with Crippen molar-refractivity contribution in [2.45, 2.75) is 13.5 Å². The molecule has 3 aromatic carbocycles. The first-order valence-corrected chi connectivity index (χ1v) is 13.5. The fourth-order valence-electron chi connectivity index (χ4n) is 3.62. The lowest BCUT2D eigenvalue weighted by atomic mass is 10.1. The Bertz CT molecular complexity index is 1520. The predicted octanol–water partition coefficient (Wildman–Crippen LogP) is 4.22. The Morgan fingerprint density at radius 1 is 1.06 bits per heavy atom. The van der Waals surface area contributed by atoms with E-state index in [4.69, 9.17) is 4.74 Å². The van der Waals surface area contributed by atoms with Crippen LogP contribution in [0.15, 0.2) is 71.5 Å². The molecule has 0 aliphatic carbocycles. The smallest absolute Gasteiger partial charge is 0.307 e. The highest BCUT2D eigenvalue weighted by molar-refractivity contribution is 7.92. The van der Waals surface area contributed by atoms with Crippen LogP contribution in [0.5, 0.6) is 5.75 Å². The number of carbonyl (C=O) groups is 1. The van der Waals surface area contributed by atoms with Crippen LogP contribution in [0, 0.1) is 0 Å². The Morgan fingerprint density at radius 2 is 1.74 bits per heavy atom. The quantitative estimate of drug-likeness (QED) is 0.382. The number of thiazole rings is 1. The van der Waals surface area contributed by atoms with Crippen LogP contribution in [0.3, 0.4) is 0 Å². The summed E-state index contributed by atoms with van der Waals surface area (Å²) >= 11 is 1.12. The van der Waals surface area contributed by atoms with Crippen LogP contribution in [-0.2, 0) is 23.6 Å². The number of aryl methyl sites for hydroxylation is 1. The van der Waals surface area contributed by atoms with Gasteiger partial charge in [0, 0.05) is 18.3 Å². The molecular formula is C25H25N3O5S2. The maximum absolute atomic E-state index is 12.7. The predicted molar refractivity (Wildman–Crippen MR) is 140 cm³/mol. The van der Waals surface area contributed by atoms with E-state index in [0.29, 0.717) is 29.3 Å². The van der Waals surface area contributed by atoms with Gasteiger partial charge in [0.2, 0.25) is 10.0 Å². The first-order valence-electron chi connectivity index (χ1n) is 10.9. The highest BCUT2D eigenvalue weighted by Crippen LogP contribution is 2.25. The van der Waals surface area contributed by atoms with Gasteiger partial charge in [-0.2, -0.15) is 0 Å². The molecule has 0 unspecified atom stereocenters. The van der Waals surface area contributed by atoms with Crippen molar-refractivity contribution in [2.24, 2.45) is 7.05 Å². The van der Waals surface area contributed by atoms with E-state index in [-0.39, 0.29) is 17.3 Å². The number of ether oxygens (including phenoxy) is 1. The molecule has 4 aromatic rings. The fourth-order valence-corrected chi connectivity index (χ4v) is 5.42. The molecule has 0 saturated heterocycles. The van der Waals surface area contributed by atoms with Gasteiger partial charge in [-0.05, 0) is 67.1 Å². The maximum Gasteiger partial charge on any atom is 0.307 e. The normalized spacial score (nSPS) is 11.4. The average molecular weight is 512 g/mol. The summed E-state index contributed by atoms with van der Waals surface area (Å²) in [4.78, 5) is 24.5. The second-order valence-corrected chi connectivity index (χ2v) is 10.9. The van der Waals surface area contributed by atoms with Crippen LogP contribution in [-0.4, -0.2) is 31.8 Å². The summed E-state index contributed by atoms with van der Waals surface area (Å²) in [7, 11) is -1.83. The summed E-state index contributed by atoms with van der Waals surface area (Å²) in [6, 6.07) is 19.0. The fraction of sp³-hybridized carbons (Fsp3) is 0.200. The minimum atomic E-state index is -3.54. The number of carbonyl (C=O) groups excluding carboxylic acids is 1. The van der Waals surface area contributed by atoms with Crippen LogP contribution in [0.25, 0.3) is 10.2 Å². The number of fused-ring (bicyclic) bond motifs is 1. The van der Waals surface area contributed by atoms with E-state index < -0.39 is 10.0 Å². The summed E-state index contributed by atoms with van der Waals surface area (Å²) < 4.78 is 34.0. The molecule has 0 saturated carbocycles. The Balaban J connectivity index is 1.48. The molecule has 0 aliphatic heterocycles. The first kappa shape index (κ1) is 24.5. The molecule has 4 rings (SSSR count). The summed E-state index contributed by atoms with van der Waals surface area (Å²) in [5.74, 6) is 0.367. The lowest BCUT2D eigenvalue weighted by molar-refractivity contribution is 0.102. The number of benzene rings is 3. The molecule has 182 valence electrons. The van der Waals surface area contributed by atoms with E-state index in [0.717, 1.165) is 33.4 Å². The van der Waals surface area contributed by atoms with Gasteiger partial charge in [-0.1, -0.05) is 23.5 Å². The van der Waals surface area contributed by atoms with Gasteiger partial charge in [-0.3, -0.25) is 13.9 Å². The number of sulfonamides is 1. The molecule has 1 aromatic heterocycles. The Kier molecular flexibility index (Phi) is 6.95. The standard InChI is InChI=1S/C25H25N3O5S2/c1-4-33-21-12-10-20(11-13-21)28(35(3,31)32)16-17-5-7-18(8-6-17)24(29)26-19-9-14-22-23(15-19)34-25(30)27(22)2/h5-15H,4,16H2,1-3H3,(H,26,29). The second-order valence-electron chi connectivity index (χ2n) is 7.96. The lowest BCUT2D eigenvalue weighted by Gasteiger charge is -2.23. The van der Waals surface area contributed by atoms with Gasteiger partial charge in [0.1, 0.15) is 5.75 Å². The van der Waals surface area contributed by atoms with Gasteiger partial charge in [0.25, 0.3) is 5.91 Å².